The first-order chi connectivity index (χ1) is 11.5. The van der Waals surface area contributed by atoms with Crippen LogP contribution < -0.4 is 15.4 Å². The predicted octanol–water partition coefficient (Wildman–Crippen LogP) is 3.28. The van der Waals surface area contributed by atoms with Gasteiger partial charge in [0.25, 0.3) is 11.8 Å². The normalized spacial score (nSPS) is 10.1. The first-order valence-electron chi connectivity index (χ1n) is 7.57. The molecule has 2 aromatic rings. The fraction of sp³-hybridized carbons (Fsp3) is 0.222. The van der Waals surface area contributed by atoms with Gasteiger partial charge in [-0.1, -0.05) is 36.7 Å². The molecular weight excluding hydrogens is 328 g/mol. The molecule has 2 amide bonds. The van der Waals surface area contributed by atoms with Gasteiger partial charge in [0.15, 0.2) is 6.61 Å². The number of nitrogens with one attached hydrogen (secondary N) is 2. The summed E-state index contributed by atoms with van der Waals surface area (Å²) in [5.74, 6) is 0.0764. The van der Waals surface area contributed by atoms with Crippen molar-refractivity contribution in [2.24, 2.45) is 0 Å². The second kappa shape index (κ2) is 8.36. The Kier molecular flexibility index (Phi) is 6.21. The summed E-state index contributed by atoms with van der Waals surface area (Å²) in [5.41, 5.74) is 1.81. The largest absolute Gasteiger partial charge is 0.483 e. The Labute approximate surface area is 146 Å². The van der Waals surface area contributed by atoms with Gasteiger partial charge < -0.3 is 15.4 Å². The third-order valence-corrected chi connectivity index (χ3v) is 3.77. The molecule has 24 heavy (non-hydrogen) atoms. The van der Waals surface area contributed by atoms with Gasteiger partial charge in [-0.25, -0.2) is 0 Å². The number of carbonyl (C=O) groups excluding carboxylic acids is 2. The van der Waals surface area contributed by atoms with Crippen molar-refractivity contribution in [3.05, 3.63) is 58.6 Å². The number of carbonyl (C=O) groups is 2. The lowest BCUT2D eigenvalue weighted by molar-refractivity contribution is -0.118. The highest BCUT2D eigenvalue weighted by molar-refractivity contribution is 6.33. The first-order valence-corrected chi connectivity index (χ1v) is 7.95. The van der Waals surface area contributed by atoms with Crippen LogP contribution in [0.1, 0.15) is 22.8 Å². The number of benzene rings is 2. The van der Waals surface area contributed by atoms with Gasteiger partial charge >= 0.3 is 0 Å². The van der Waals surface area contributed by atoms with Crippen molar-refractivity contribution in [3.63, 3.8) is 0 Å². The van der Waals surface area contributed by atoms with Gasteiger partial charge in [0.1, 0.15) is 5.75 Å². The van der Waals surface area contributed by atoms with E-state index in [0.717, 1.165) is 12.0 Å². The molecule has 126 valence electrons. The highest BCUT2D eigenvalue weighted by Crippen LogP contribution is 2.23. The minimum atomic E-state index is -0.350. The number of aryl methyl sites for hydroxylation is 1. The summed E-state index contributed by atoms with van der Waals surface area (Å²) in [4.78, 5) is 23.7. The van der Waals surface area contributed by atoms with Crippen molar-refractivity contribution in [2.75, 3.05) is 19.0 Å². The van der Waals surface area contributed by atoms with E-state index in [9.17, 15) is 9.59 Å². The standard InChI is InChI=1S/C18H19ClN2O3/c1-3-12-6-4-5-7-16(12)24-11-17(22)21-15-10-13(18(23)20-2)8-9-14(15)19/h4-10H,3,11H2,1-2H3,(H,20,23)(H,21,22). The maximum absolute atomic E-state index is 12.1. The number of anilines is 1. The smallest absolute Gasteiger partial charge is 0.262 e. The summed E-state index contributed by atoms with van der Waals surface area (Å²) in [5, 5.41) is 5.53. The molecule has 0 aromatic heterocycles. The van der Waals surface area contributed by atoms with Crippen LogP contribution in [0.25, 0.3) is 0 Å². The lowest BCUT2D eigenvalue weighted by Crippen LogP contribution is -2.22. The maximum atomic E-state index is 12.1. The number of hydrogen-bond donors (Lipinski definition) is 2. The van der Waals surface area contributed by atoms with Crippen LogP contribution in [0.15, 0.2) is 42.5 Å². The van der Waals surface area contributed by atoms with Crippen molar-refractivity contribution in [3.8, 4) is 5.75 Å². The van der Waals surface area contributed by atoms with Crippen LogP contribution in [-0.2, 0) is 11.2 Å². The summed E-state index contributed by atoms with van der Waals surface area (Å²) in [7, 11) is 1.54. The maximum Gasteiger partial charge on any atom is 0.262 e. The molecule has 0 aliphatic heterocycles. The van der Waals surface area contributed by atoms with E-state index in [-0.39, 0.29) is 18.4 Å². The second-order valence-electron chi connectivity index (χ2n) is 5.07. The Balaban J connectivity index is 2.03. The van der Waals surface area contributed by atoms with E-state index in [1.54, 1.807) is 12.1 Å². The molecule has 5 nitrogen and oxygen atoms in total. The van der Waals surface area contributed by atoms with Gasteiger partial charge in [-0.2, -0.15) is 0 Å². The lowest BCUT2D eigenvalue weighted by Gasteiger charge is -2.12. The molecule has 0 aliphatic rings. The molecule has 0 unspecified atom stereocenters. The van der Waals surface area contributed by atoms with E-state index in [1.165, 1.54) is 13.1 Å². The van der Waals surface area contributed by atoms with E-state index in [0.29, 0.717) is 22.0 Å². The molecule has 0 saturated carbocycles. The Morgan fingerprint density at radius 3 is 2.62 bits per heavy atom. The number of hydrogen-bond acceptors (Lipinski definition) is 3. The second-order valence-corrected chi connectivity index (χ2v) is 5.48. The van der Waals surface area contributed by atoms with Crippen LogP contribution >= 0.6 is 11.6 Å². The summed E-state index contributed by atoms with van der Waals surface area (Å²) in [6.07, 6.45) is 0.817. The van der Waals surface area contributed by atoms with E-state index in [1.807, 2.05) is 31.2 Å². The molecule has 0 bridgehead atoms. The average Bonchev–Trinajstić information content (AvgIpc) is 2.61. The van der Waals surface area contributed by atoms with E-state index < -0.39 is 0 Å². The number of amides is 2. The van der Waals surface area contributed by atoms with Crippen LogP contribution in [-0.4, -0.2) is 25.5 Å². The Hall–Kier alpha value is -2.53. The molecule has 0 atom stereocenters. The van der Waals surface area contributed by atoms with Crippen molar-refractivity contribution in [1.82, 2.24) is 5.32 Å². The number of halogens is 1. The molecule has 2 aromatic carbocycles. The molecule has 0 aliphatic carbocycles. The van der Waals surface area contributed by atoms with E-state index >= 15 is 0 Å². The minimum absolute atomic E-state index is 0.141. The Morgan fingerprint density at radius 2 is 1.92 bits per heavy atom. The predicted molar refractivity (Wildman–Crippen MR) is 94.8 cm³/mol. The van der Waals surface area contributed by atoms with Gasteiger partial charge in [-0.3, -0.25) is 9.59 Å². The molecule has 2 rings (SSSR count). The Bertz CT molecular complexity index is 747. The summed E-state index contributed by atoms with van der Waals surface area (Å²) < 4.78 is 5.57. The first kappa shape index (κ1) is 17.8. The van der Waals surface area contributed by atoms with Crippen molar-refractivity contribution >= 4 is 29.1 Å². The summed E-state index contributed by atoms with van der Waals surface area (Å²) >= 11 is 6.07. The van der Waals surface area contributed by atoms with Gasteiger partial charge in [-0.15, -0.1) is 0 Å². The highest BCUT2D eigenvalue weighted by atomic mass is 35.5. The quantitative estimate of drug-likeness (QED) is 0.843. The van der Waals surface area contributed by atoms with Crippen molar-refractivity contribution < 1.29 is 14.3 Å². The van der Waals surface area contributed by atoms with Gasteiger partial charge in [-0.05, 0) is 36.2 Å². The molecule has 0 saturated heterocycles. The fourth-order valence-corrected chi connectivity index (χ4v) is 2.34. The Morgan fingerprint density at radius 1 is 1.17 bits per heavy atom. The third kappa shape index (κ3) is 4.49. The zero-order valence-electron chi connectivity index (χ0n) is 13.6. The van der Waals surface area contributed by atoms with Crippen molar-refractivity contribution in [1.29, 1.82) is 0 Å². The van der Waals surface area contributed by atoms with Gasteiger partial charge in [0.2, 0.25) is 0 Å². The highest BCUT2D eigenvalue weighted by Gasteiger charge is 2.11. The van der Waals surface area contributed by atoms with E-state index in [2.05, 4.69) is 10.6 Å². The van der Waals surface area contributed by atoms with Gasteiger partial charge in [0.05, 0.1) is 10.7 Å². The van der Waals surface area contributed by atoms with Gasteiger partial charge in [0, 0.05) is 12.6 Å². The number of para-hydroxylation sites is 1. The molecule has 0 spiro atoms. The number of rotatable bonds is 6. The summed E-state index contributed by atoms with van der Waals surface area (Å²) in [6, 6.07) is 12.2. The topological polar surface area (TPSA) is 67.4 Å². The van der Waals surface area contributed by atoms with Crippen LogP contribution in [0.3, 0.4) is 0 Å². The fourth-order valence-electron chi connectivity index (χ4n) is 2.17. The van der Waals surface area contributed by atoms with E-state index in [4.69, 9.17) is 16.3 Å². The third-order valence-electron chi connectivity index (χ3n) is 3.44. The minimum Gasteiger partial charge on any atom is -0.483 e. The average molecular weight is 347 g/mol. The molecule has 2 N–H and O–H groups in total. The van der Waals surface area contributed by atoms with Crippen LogP contribution in [0.2, 0.25) is 5.02 Å². The zero-order valence-corrected chi connectivity index (χ0v) is 14.3. The van der Waals surface area contributed by atoms with Crippen LogP contribution in [0, 0.1) is 0 Å². The van der Waals surface area contributed by atoms with Crippen LogP contribution in [0.4, 0.5) is 5.69 Å². The van der Waals surface area contributed by atoms with Crippen molar-refractivity contribution in [2.45, 2.75) is 13.3 Å². The summed E-state index contributed by atoms with van der Waals surface area (Å²) in [6.45, 7) is 1.88. The monoisotopic (exact) mass is 346 g/mol. The molecule has 6 heteroatoms. The lowest BCUT2D eigenvalue weighted by atomic mass is 10.1. The molecule has 0 radical (unpaired) electrons. The molecule has 0 fully saturated rings. The SMILES string of the molecule is CCc1ccccc1OCC(=O)Nc1cc(C(=O)NC)ccc1Cl. The zero-order chi connectivity index (χ0) is 17.5. The number of ether oxygens (including phenoxy) is 1. The molecular formula is C18H19ClN2O3. The van der Waals surface area contributed by atoms with Crippen LogP contribution in [0.5, 0.6) is 5.75 Å². The molecule has 0 heterocycles.